The minimum Gasteiger partial charge on any atom is -0.460 e. The number of aromatic nitrogens is 3. The monoisotopic (exact) mass is 477 g/mol. The van der Waals surface area contributed by atoms with E-state index in [1.54, 1.807) is 53.7 Å². The van der Waals surface area contributed by atoms with Crippen LogP contribution in [-0.4, -0.2) is 56.2 Å². The second kappa shape index (κ2) is 10.4. The summed E-state index contributed by atoms with van der Waals surface area (Å²) < 4.78 is 16.2. The number of furan rings is 1. The molecule has 0 aliphatic heterocycles. The third-order valence-corrected chi connectivity index (χ3v) is 4.47. The molecule has 2 aromatic rings. The molecule has 0 radical (unpaired) electrons. The highest BCUT2D eigenvalue weighted by atomic mass is 16.6. The number of amides is 1. The normalized spacial score (nSPS) is 12.4. The van der Waals surface area contributed by atoms with Gasteiger partial charge in [-0.1, -0.05) is 4.80 Å². The maximum Gasteiger partial charge on any atom is 0.359 e. The Morgan fingerprint density at radius 2 is 1.62 bits per heavy atom. The summed E-state index contributed by atoms with van der Waals surface area (Å²) in [5.74, 6) is -0.456. The van der Waals surface area contributed by atoms with Crippen LogP contribution in [0.3, 0.4) is 0 Å². The van der Waals surface area contributed by atoms with Gasteiger partial charge in [0.05, 0.1) is 6.20 Å². The van der Waals surface area contributed by atoms with Crippen LogP contribution in [0.5, 0.6) is 0 Å². The van der Waals surface area contributed by atoms with Gasteiger partial charge in [0, 0.05) is 6.54 Å². The zero-order valence-corrected chi connectivity index (χ0v) is 20.9. The number of rotatable bonds is 8. The zero-order chi connectivity index (χ0) is 25.7. The summed E-state index contributed by atoms with van der Waals surface area (Å²) in [7, 11) is 0. The number of carbonyl (C=O) groups is 3. The smallest absolute Gasteiger partial charge is 0.359 e. The molecule has 34 heavy (non-hydrogen) atoms. The summed E-state index contributed by atoms with van der Waals surface area (Å²) in [5, 5.41) is 10.7. The molecule has 1 amide bonds. The fourth-order valence-corrected chi connectivity index (χ4v) is 2.87. The molecule has 11 nitrogen and oxygen atoms in total. The first-order valence-electron chi connectivity index (χ1n) is 11.1. The Labute approximate surface area is 199 Å². The zero-order valence-electron chi connectivity index (χ0n) is 20.9. The van der Waals surface area contributed by atoms with Gasteiger partial charge in [0.1, 0.15) is 22.7 Å². The lowest BCUT2D eigenvalue weighted by molar-refractivity contribution is -0.177. The molecule has 0 bridgehead atoms. The first-order valence-corrected chi connectivity index (χ1v) is 11.1. The number of aryl methyl sites for hydroxylation is 1. The number of nitrogens with zero attached hydrogens (tertiary/aromatic N) is 3. The Hall–Kier alpha value is -3.21. The van der Waals surface area contributed by atoms with Crippen molar-refractivity contribution in [1.82, 2.24) is 20.3 Å². The number of nitrogens with two attached hydrogens (primary N) is 1. The average molecular weight is 478 g/mol. The Morgan fingerprint density at radius 3 is 2.12 bits per heavy atom. The van der Waals surface area contributed by atoms with E-state index in [0.717, 1.165) is 10.6 Å². The summed E-state index contributed by atoms with van der Waals surface area (Å²) in [6, 6.07) is 3.02. The number of nitrogens with one attached hydrogen (secondary N) is 1. The molecule has 2 rings (SSSR count). The SMILES string of the molecule is Cc1ccc(-c2cnn(C(=O)NCCCCC(N)(C(=O)OC(C)(C)C)C(=O)OC(C)(C)C)n2)o1. The second-order valence-electron chi connectivity index (χ2n) is 10.1. The molecule has 0 saturated carbocycles. The molecule has 0 atom stereocenters. The first-order chi connectivity index (χ1) is 15.6. The van der Waals surface area contributed by atoms with Crippen LogP contribution in [0.2, 0.25) is 0 Å². The lowest BCUT2D eigenvalue weighted by Crippen LogP contribution is -2.59. The molecule has 0 spiro atoms. The highest BCUT2D eigenvalue weighted by Crippen LogP contribution is 2.23. The van der Waals surface area contributed by atoms with Crippen LogP contribution in [-0.2, 0) is 19.1 Å². The molecular formula is C23H35N5O6. The maximum atomic E-state index is 12.7. The van der Waals surface area contributed by atoms with Crippen molar-refractivity contribution < 1.29 is 28.3 Å². The molecule has 0 unspecified atom stereocenters. The van der Waals surface area contributed by atoms with Crippen molar-refractivity contribution in [3.05, 3.63) is 24.1 Å². The van der Waals surface area contributed by atoms with Gasteiger partial charge in [0.25, 0.3) is 0 Å². The molecular weight excluding hydrogens is 442 g/mol. The van der Waals surface area contributed by atoms with E-state index in [1.807, 2.05) is 6.92 Å². The Balaban J connectivity index is 1.92. The average Bonchev–Trinajstić information content (AvgIpc) is 3.33. The fraction of sp³-hybridized carbons (Fsp3) is 0.609. The predicted molar refractivity (Wildman–Crippen MR) is 124 cm³/mol. The number of esters is 2. The maximum absolute atomic E-state index is 12.7. The quantitative estimate of drug-likeness (QED) is 0.332. The van der Waals surface area contributed by atoms with Gasteiger partial charge in [-0.3, -0.25) is 0 Å². The topological polar surface area (TPSA) is 152 Å². The van der Waals surface area contributed by atoms with Gasteiger partial charge in [-0.15, -0.1) is 5.10 Å². The van der Waals surface area contributed by atoms with E-state index in [2.05, 4.69) is 15.5 Å². The number of hydrogen-bond acceptors (Lipinski definition) is 9. The van der Waals surface area contributed by atoms with Crippen LogP contribution < -0.4 is 11.1 Å². The van der Waals surface area contributed by atoms with Crippen molar-refractivity contribution >= 4 is 18.0 Å². The van der Waals surface area contributed by atoms with Gasteiger partial charge >= 0.3 is 18.0 Å². The Bertz CT molecular complexity index is 984. The molecule has 2 aromatic heterocycles. The van der Waals surface area contributed by atoms with E-state index in [1.165, 1.54) is 6.20 Å². The van der Waals surface area contributed by atoms with Gasteiger partial charge in [0.2, 0.25) is 5.54 Å². The van der Waals surface area contributed by atoms with E-state index < -0.39 is 34.7 Å². The van der Waals surface area contributed by atoms with Gasteiger partial charge in [-0.2, -0.15) is 5.10 Å². The molecule has 188 valence electrons. The minimum absolute atomic E-state index is 0.00525. The molecule has 3 N–H and O–H groups in total. The van der Waals surface area contributed by atoms with Crippen LogP contribution in [0.25, 0.3) is 11.5 Å². The number of ether oxygens (including phenoxy) is 2. The van der Waals surface area contributed by atoms with Crippen molar-refractivity contribution in [3.63, 3.8) is 0 Å². The Morgan fingerprint density at radius 1 is 1.03 bits per heavy atom. The van der Waals surface area contributed by atoms with E-state index >= 15 is 0 Å². The van der Waals surface area contributed by atoms with Gasteiger partial charge in [-0.25, -0.2) is 14.4 Å². The molecule has 0 aliphatic carbocycles. The van der Waals surface area contributed by atoms with Crippen molar-refractivity contribution in [3.8, 4) is 11.5 Å². The predicted octanol–water partition coefficient (Wildman–Crippen LogP) is 2.96. The van der Waals surface area contributed by atoms with E-state index in [4.69, 9.17) is 19.6 Å². The molecule has 0 fully saturated rings. The van der Waals surface area contributed by atoms with Gasteiger partial charge in [0.15, 0.2) is 5.76 Å². The van der Waals surface area contributed by atoms with Crippen molar-refractivity contribution in [2.45, 2.75) is 84.5 Å². The summed E-state index contributed by atoms with van der Waals surface area (Å²) in [6.45, 7) is 12.2. The van der Waals surface area contributed by atoms with Crippen LogP contribution in [0.1, 0.15) is 66.6 Å². The van der Waals surface area contributed by atoms with E-state index in [-0.39, 0.29) is 13.0 Å². The number of carbonyl (C=O) groups excluding carboxylic acids is 3. The Kier molecular flexibility index (Phi) is 8.25. The van der Waals surface area contributed by atoms with Crippen molar-refractivity contribution in [1.29, 1.82) is 0 Å². The standard InChI is InChI=1S/C23H35N5O6/c1-15-10-11-17(32-15)16-14-26-28(27-16)20(31)25-13-9-8-12-23(24,18(29)33-21(2,3)4)19(30)34-22(5,6)7/h10-11,14H,8-9,12-13,24H2,1-7H3,(H,25,31). The van der Waals surface area contributed by atoms with Gasteiger partial charge < -0.3 is 24.9 Å². The fourth-order valence-electron chi connectivity index (χ4n) is 2.87. The number of unbranched alkanes of at least 4 members (excludes halogenated alkanes) is 1. The van der Waals surface area contributed by atoms with Crippen LogP contribution in [0.15, 0.2) is 22.7 Å². The summed E-state index contributed by atoms with van der Waals surface area (Å²) in [6.07, 6.45) is 2.23. The van der Waals surface area contributed by atoms with Crippen LogP contribution >= 0.6 is 0 Å². The summed E-state index contributed by atoms with van der Waals surface area (Å²) in [4.78, 5) is 38.7. The van der Waals surface area contributed by atoms with E-state index in [9.17, 15) is 14.4 Å². The molecule has 11 heteroatoms. The second-order valence-corrected chi connectivity index (χ2v) is 10.1. The summed E-state index contributed by atoms with van der Waals surface area (Å²) in [5.41, 5.74) is 3.07. The largest absolute Gasteiger partial charge is 0.460 e. The highest BCUT2D eigenvalue weighted by molar-refractivity contribution is 6.04. The van der Waals surface area contributed by atoms with Gasteiger partial charge in [-0.05, 0) is 79.9 Å². The first kappa shape index (κ1) is 27.0. The summed E-state index contributed by atoms with van der Waals surface area (Å²) >= 11 is 0. The van der Waals surface area contributed by atoms with Crippen molar-refractivity contribution in [2.75, 3.05) is 6.54 Å². The molecule has 0 aliphatic rings. The minimum atomic E-state index is -1.95. The van der Waals surface area contributed by atoms with Crippen LogP contribution in [0.4, 0.5) is 4.79 Å². The lowest BCUT2D eigenvalue weighted by Gasteiger charge is -2.32. The lowest BCUT2D eigenvalue weighted by atomic mass is 9.93. The van der Waals surface area contributed by atoms with Crippen molar-refractivity contribution in [2.24, 2.45) is 5.73 Å². The molecule has 0 aromatic carbocycles. The molecule has 0 saturated heterocycles. The number of hydrogen-bond donors (Lipinski definition) is 2. The highest BCUT2D eigenvalue weighted by Gasteiger charge is 2.47. The van der Waals surface area contributed by atoms with E-state index in [0.29, 0.717) is 24.3 Å². The third kappa shape index (κ3) is 7.68. The third-order valence-electron chi connectivity index (χ3n) is 4.47. The molecule has 2 heterocycles. The van der Waals surface area contributed by atoms with Crippen LogP contribution in [0, 0.1) is 6.92 Å².